The lowest BCUT2D eigenvalue weighted by molar-refractivity contribution is -0.126. The van der Waals surface area contributed by atoms with Crippen LogP contribution in [0, 0.1) is 29.6 Å². The van der Waals surface area contributed by atoms with E-state index in [1.807, 2.05) is 24.3 Å². The normalized spacial score (nSPS) is 26.2. The van der Waals surface area contributed by atoms with E-state index in [0.29, 0.717) is 12.5 Å². The van der Waals surface area contributed by atoms with E-state index in [1.165, 1.54) is 19.3 Å². The van der Waals surface area contributed by atoms with Gasteiger partial charge in [-0.3, -0.25) is 4.79 Å². The van der Waals surface area contributed by atoms with Crippen LogP contribution in [-0.2, 0) is 11.3 Å². The van der Waals surface area contributed by atoms with Crippen molar-refractivity contribution in [3.63, 3.8) is 0 Å². The van der Waals surface area contributed by atoms with Gasteiger partial charge in [-0.05, 0) is 42.7 Å². The summed E-state index contributed by atoms with van der Waals surface area (Å²) in [4.78, 5) is 12.3. The molecule has 0 aliphatic heterocycles. The minimum atomic E-state index is -0.147. The number of aliphatic hydroxyl groups excluding tert-OH is 1. The van der Waals surface area contributed by atoms with Gasteiger partial charge in [0.2, 0.25) is 5.91 Å². The van der Waals surface area contributed by atoms with E-state index in [-0.39, 0.29) is 18.4 Å². The molecule has 1 aromatic rings. The molecule has 1 aromatic carbocycles. The summed E-state index contributed by atoms with van der Waals surface area (Å²) in [6.07, 6.45) is 4.86. The van der Waals surface area contributed by atoms with Crippen molar-refractivity contribution in [2.24, 2.45) is 17.8 Å². The maximum atomic E-state index is 12.3. The van der Waals surface area contributed by atoms with Gasteiger partial charge in [0.1, 0.15) is 6.61 Å². The van der Waals surface area contributed by atoms with Gasteiger partial charge in [0.25, 0.3) is 0 Å². The van der Waals surface area contributed by atoms with Gasteiger partial charge in [0, 0.05) is 18.0 Å². The quantitative estimate of drug-likeness (QED) is 0.835. The second kappa shape index (κ2) is 6.32. The van der Waals surface area contributed by atoms with Gasteiger partial charge >= 0.3 is 0 Å². The first kappa shape index (κ1) is 14.2. The number of nitrogens with one attached hydrogen (secondary N) is 1. The Morgan fingerprint density at radius 1 is 1.29 bits per heavy atom. The predicted octanol–water partition coefficient (Wildman–Crippen LogP) is 2.08. The topological polar surface area (TPSA) is 49.3 Å². The third-order valence-electron chi connectivity index (χ3n) is 4.85. The molecule has 2 fully saturated rings. The molecule has 2 aliphatic rings. The molecule has 0 saturated heterocycles. The van der Waals surface area contributed by atoms with E-state index in [9.17, 15) is 4.79 Å². The number of fused-ring (bicyclic) bond motifs is 2. The summed E-state index contributed by atoms with van der Waals surface area (Å²) >= 11 is 0. The molecule has 3 rings (SSSR count). The van der Waals surface area contributed by atoms with Crippen molar-refractivity contribution < 1.29 is 9.90 Å². The third kappa shape index (κ3) is 3.11. The fourth-order valence-electron chi connectivity index (χ4n) is 3.81. The molecule has 2 aliphatic carbocycles. The summed E-state index contributed by atoms with van der Waals surface area (Å²) in [6.45, 7) is 0.370. The molecule has 2 saturated carbocycles. The first-order chi connectivity index (χ1) is 10.3. The van der Waals surface area contributed by atoms with Gasteiger partial charge < -0.3 is 10.4 Å². The summed E-state index contributed by atoms with van der Waals surface area (Å²) in [5.74, 6) is 7.41. The number of hydrogen-bond acceptors (Lipinski definition) is 2. The smallest absolute Gasteiger partial charge is 0.223 e. The highest BCUT2D eigenvalue weighted by Gasteiger charge is 2.42. The summed E-state index contributed by atoms with van der Waals surface area (Å²) in [7, 11) is 0. The molecule has 2 bridgehead atoms. The molecular formula is C18H21NO2. The van der Waals surface area contributed by atoms with Gasteiger partial charge in [-0.2, -0.15) is 0 Å². The highest BCUT2D eigenvalue weighted by atomic mass is 16.2. The largest absolute Gasteiger partial charge is 0.384 e. The average molecular weight is 283 g/mol. The van der Waals surface area contributed by atoms with Crippen LogP contribution in [0.25, 0.3) is 0 Å². The Balaban J connectivity index is 1.61. The lowest BCUT2D eigenvalue weighted by Crippen LogP contribution is -2.33. The number of aliphatic hydroxyl groups is 1. The highest BCUT2D eigenvalue weighted by Crippen LogP contribution is 2.48. The number of carbonyl (C=O) groups excluding carboxylic acids is 1. The van der Waals surface area contributed by atoms with E-state index >= 15 is 0 Å². The van der Waals surface area contributed by atoms with Crippen LogP contribution < -0.4 is 5.32 Å². The van der Waals surface area contributed by atoms with Crippen molar-refractivity contribution in [3.05, 3.63) is 35.4 Å². The molecule has 0 spiro atoms. The zero-order valence-electron chi connectivity index (χ0n) is 12.1. The maximum absolute atomic E-state index is 12.3. The Labute approximate surface area is 125 Å². The van der Waals surface area contributed by atoms with Crippen LogP contribution in [0.15, 0.2) is 24.3 Å². The van der Waals surface area contributed by atoms with Crippen molar-refractivity contribution in [1.82, 2.24) is 5.32 Å². The maximum Gasteiger partial charge on any atom is 0.223 e. The van der Waals surface area contributed by atoms with Crippen LogP contribution in [-0.4, -0.2) is 17.6 Å². The number of benzene rings is 1. The van der Waals surface area contributed by atoms with Crippen LogP contribution >= 0.6 is 0 Å². The molecule has 110 valence electrons. The Morgan fingerprint density at radius 2 is 2.14 bits per heavy atom. The van der Waals surface area contributed by atoms with E-state index < -0.39 is 0 Å². The van der Waals surface area contributed by atoms with Crippen molar-refractivity contribution in [1.29, 1.82) is 0 Å². The average Bonchev–Trinajstić information content (AvgIpc) is 3.14. The van der Waals surface area contributed by atoms with Crippen molar-refractivity contribution >= 4 is 5.91 Å². The summed E-state index contributed by atoms with van der Waals surface area (Å²) in [6, 6.07) is 7.76. The first-order valence-corrected chi connectivity index (χ1v) is 7.73. The minimum absolute atomic E-state index is 0.147. The van der Waals surface area contributed by atoms with Crippen LogP contribution in [0.3, 0.4) is 0 Å². The zero-order valence-corrected chi connectivity index (χ0v) is 12.1. The molecule has 1 amide bonds. The van der Waals surface area contributed by atoms with Crippen molar-refractivity contribution in [2.75, 3.05) is 6.61 Å². The molecule has 3 atom stereocenters. The number of rotatable bonds is 3. The zero-order chi connectivity index (χ0) is 14.7. The Morgan fingerprint density at radius 3 is 2.86 bits per heavy atom. The summed E-state index contributed by atoms with van der Waals surface area (Å²) in [5.41, 5.74) is 1.88. The summed E-state index contributed by atoms with van der Waals surface area (Å²) < 4.78 is 0. The second-order valence-electron chi connectivity index (χ2n) is 6.12. The molecule has 3 nitrogen and oxygen atoms in total. The third-order valence-corrected chi connectivity index (χ3v) is 4.85. The molecule has 0 heterocycles. The fourth-order valence-corrected chi connectivity index (χ4v) is 3.81. The Kier molecular flexibility index (Phi) is 4.26. The van der Waals surface area contributed by atoms with Crippen LogP contribution in [0.2, 0.25) is 0 Å². The molecule has 0 aromatic heterocycles. The van der Waals surface area contributed by atoms with Crippen LogP contribution in [0.1, 0.15) is 36.8 Å². The first-order valence-electron chi connectivity index (χ1n) is 7.73. The monoisotopic (exact) mass is 283 g/mol. The molecule has 21 heavy (non-hydrogen) atoms. The van der Waals surface area contributed by atoms with E-state index in [2.05, 4.69) is 17.2 Å². The van der Waals surface area contributed by atoms with Crippen molar-refractivity contribution in [2.45, 2.75) is 32.2 Å². The standard InChI is InChI=1S/C18H21NO2/c20-9-3-6-14-4-1-2-5-16(14)12-19-18(21)17-11-13-7-8-15(17)10-13/h1-2,4-5,13,15,17,20H,7-12H2,(H,19,21). The van der Waals surface area contributed by atoms with E-state index in [1.54, 1.807) is 0 Å². The molecule has 0 radical (unpaired) electrons. The van der Waals surface area contributed by atoms with Gasteiger partial charge in [0.15, 0.2) is 0 Å². The van der Waals surface area contributed by atoms with E-state index in [4.69, 9.17) is 5.11 Å². The van der Waals surface area contributed by atoms with Gasteiger partial charge in [0.05, 0.1) is 0 Å². The lowest BCUT2D eigenvalue weighted by Gasteiger charge is -2.21. The van der Waals surface area contributed by atoms with Gasteiger partial charge in [-0.25, -0.2) is 0 Å². The SMILES string of the molecule is O=C(NCc1ccccc1C#CCO)C1CC2CCC1C2. The molecule has 2 N–H and O–H groups in total. The Hall–Kier alpha value is -1.79. The Bertz CT molecular complexity index is 584. The lowest BCUT2D eigenvalue weighted by atomic mass is 9.88. The summed E-state index contributed by atoms with van der Waals surface area (Å²) in [5, 5.41) is 11.9. The number of hydrogen-bond donors (Lipinski definition) is 2. The van der Waals surface area contributed by atoms with Crippen LogP contribution in [0.5, 0.6) is 0 Å². The highest BCUT2D eigenvalue weighted by molar-refractivity contribution is 5.79. The number of amides is 1. The molecule has 3 heteroatoms. The number of carbonyl (C=O) groups is 1. The van der Waals surface area contributed by atoms with Crippen molar-refractivity contribution in [3.8, 4) is 11.8 Å². The predicted molar refractivity (Wildman–Crippen MR) is 81.2 cm³/mol. The van der Waals surface area contributed by atoms with E-state index in [0.717, 1.165) is 23.5 Å². The fraction of sp³-hybridized carbons (Fsp3) is 0.500. The van der Waals surface area contributed by atoms with Crippen LogP contribution in [0.4, 0.5) is 0 Å². The van der Waals surface area contributed by atoms with Gasteiger partial charge in [-0.15, -0.1) is 0 Å². The molecular weight excluding hydrogens is 262 g/mol. The molecule has 3 unspecified atom stereocenters. The van der Waals surface area contributed by atoms with Gasteiger partial charge in [-0.1, -0.05) is 36.5 Å². The minimum Gasteiger partial charge on any atom is -0.384 e. The second-order valence-corrected chi connectivity index (χ2v) is 6.12.